The second-order valence-electron chi connectivity index (χ2n) is 4.54. The zero-order valence-corrected chi connectivity index (χ0v) is 14.0. The predicted octanol–water partition coefficient (Wildman–Crippen LogP) is 4.82. The maximum atomic E-state index is 3.48. The summed E-state index contributed by atoms with van der Waals surface area (Å²) in [5.74, 6) is 1.87. The zero-order valence-electron chi connectivity index (χ0n) is 14.0. The van der Waals surface area contributed by atoms with Gasteiger partial charge in [-0.1, -0.05) is 80.2 Å². The Hall–Kier alpha value is -0.340. The van der Waals surface area contributed by atoms with Gasteiger partial charge < -0.3 is 11.0 Å². The topological polar surface area (TPSA) is 63.0 Å². The smallest absolute Gasteiger partial charge is 0.0382 e. The van der Waals surface area contributed by atoms with Gasteiger partial charge in [0.15, 0.2) is 0 Å². The second kappa shape index (κ2) is 30.1. The van der Waals surface area contributed by atoms with Crippen molar-refractivity contribution >= 4 is 0 Å². The van der Waals surface area contributed by atoms with Gasteiger partial charge in [0.05, 0.1) is 0 Å². The van der Waals surface area contributed by atoms with E-state index in [1.54, 1.807) is 0 Å². The zero-order chi connectivity index (χ0) is 13.4. The molecule has 0 aliphatic heterocycles. The van der Waals surface area contributed by atoms with Crippen molar-refractivity contribution in [2.24, 2.45) is 11.8 Å². The van der Waals surface area contributed by atoms with Crippen molar-refractivity contribution < 1.29 is 11.0 Å². The first-order valence-corrected chi connectivity index (χ1v) is 7.14. The molecule has 0 radical (unpaired) electrons. The van der Waals surface area contributed by atoms with Crippen molar-refractivity contribution in [3.05, 3.63) is 12.7 Å². The fourth-order valence-corrected chi connectivity index (χ4v) is 0.577. The fourth-order valence-electron chi connectivity index (χ4n) is 0.577. The number of hydrogen-bond donors (Lipinski definition) is 0. The molecule has 0 amide bonds. The highest BCUT2D eigenvalue weighted by Crippen LogP contribution is 2.03. The van der Waals surface area contributed by atoms with Gasteiger partial charge in [-0.05, 0) is 18.3 Å². The average Bonchev–Trinajstić information content (AvgIpc) is 2.37. The molecule has 0 aromatic heterocycles. The first-order chi connectivity index (χ1) is 7.53. The van der Waals surface area contributed by atoms with Crippen LogP contribution in [0, 0.1) is 11.8 Å². The lowest BCUT2D eigenvalue weighted by Crippen LogP contribution is -1.85. The first-order valence-electron chi connectivity index (χ1n) is 7.14. The molecule has 116 valence electrons. The summed E-state index contributed by atoms with van der Waals surface area (Å²) in [6.45, 7) is 19.0. The van der Waals surface area contributed by atoms with Crippen LogP contribution in [0.2, 0.25) is 0 Å². The molecular weight excluding hydrogens is 224 g/mol. The summed E-state index contributed by atoms with van der Waals surface area (Å²) in [7, 11) is 0. The van der Waals surface area contributed by atoms with Crippen molar-refractivity contribution in [2.45, 2.75) is 80.6 Å². The van der Waals surface area contributed by atoms with Crippen LogP contribution >= 0.6 is 0 Å². The third-order valence-electron chi connectivity index (χ3n) is 3.08. The molecule has 0 unspecified atom stereocenters. The Balaban J connectivity index is -0.0000000454. The minimum atomic E-state index is 0. The van der Waals surface area contributed by atoms with Crippen molar-refractivity contribution in [1.29, 1.82) is 0 Å². The van der Waals surface area contributed by atoms with Crippen LogP contribution in [0.4, 0.5) is 0 Å². The summed E-state index contributed by atoms with van der Waals surface area (Å²) in [5, 5.41) is 0. The van der Waals surface area contributed by atoms with Gasteiger partial charge in [-0.25, -0.2) is 0 Å². The summed E-state index contributed by atoms with van der Waals surface area (Å²) < 4.78 is 0. The Labute approximate surface area is 116 Å². The van der Waals surface area contributed by atoms with E-state index in [2.05, 4.69) is 55.0 Å². The molecule has 0 aromatic rings. The van der Waals surface area contributed by atoms with Crippen molar-refractivity contribution in [1.82, 2.24) is 0 Å². The summed E-state index contributed by atoms with van der Waals surface area (Å²) in [4.78, 5) is 0. The van der Waals surface area contributed by atoms with Gasteiger partial charge in [0.1, 0.15) is 0 Å². The van der Waals surface area contributed by atoms with E-state index < -0.39 is 0 Å². The molecule has 0 aliphatic rings. The molecule has 0 rings (SSSR count). The SMILES string of the molecule is C=CCC.CCC(C)CC.CCC(C)CC.O.O. The van der Waals surface area contributed by atoms with Gasteiger partial charge in [-0.3, -0.25) is 0 Å². The Morgan fingerprint density at radius 3 is 0.889 bits per heavy atom. The Kier molecular flexibility index (Phi) is 51.1. The van der Waals surface area contributed by atoms with Crippen LogP contribution in [0.5, 0.6) is 0 Å². The van der Waals surface area contributed by atoms with Gasteiger partial charge in [0.2, 0.25) is 0 Å². The van der Waals surface area contributed by atoms with E-state index in [9.17, 15) is 0 Å². The van der Waals surface area contributed by atoms with E-state index in [4.69, 9.17) is 0 Å². The highest BCUT2D eigenvalue weighted by atomic mass is 16.0. The summed E-state index contributed by atoms with van der Waals surface area (Å²) >= 11 is 0. The number of hydrogen-bond acceptors (Lipinski definition) is 0. The lowest BCUT2D eigenvalue weighted by molar-refractivity contribution is 0.544. The summed E-state index contributed by atoms with van der Waals surface area (Å²) in [5.41, 5.74) is 0. The molecular formula is C16H40O2. The highest BCUT2D eigenvalue weighted by molar-refractivity contribution is 4.60. The quantitative estimate of drug-likeness (QED) is 0.639. The minimum absolute atomic E-state index is 0. The molecule has 0 atom stereocenters. The van der Waals surface area contributed by atoms with Gasteiger partial charge in [-0.15, -0.1) is 6.58 Å². The van der Waals surface area contributed by atoms with Crippen molar-refractivity contribution in [3.63, 3.8) is 0 Å². The summed E-state index contributed by atoms with van der Waals surface area (Å²) in [6.07, 6.45) is 8.28. The van der Waals surface area contributed by atoms with Gasteiger partial charge in [0.25, 0.3) is 0 Å². The number of rotatable bonds is 5. The third-order valence-corrected chi connectivity index (χ3v) is 3.08. The number of allylic oxidation sites excluding steroid dienone is 1. The molecule has 0 bridgehead atoms. The fraction of sp³-hybridized carbons (Fsp3) is 0.875. The van der Waals surface area contributed by atoms with Crippen LogP contribution in [0.15, 0.2) is 12.7 Å². The largest absolute Gasteiger partial charge is 0.412 e. The molecule has 0 saturated carbocycles. The van der Waals surface area contributed by atoms with Crippen LogP contribution in [0.3, 0.4) is 0 Å². The molecule has 0 aliphatic carbocycles. The van der Waals surface area contributed by atoms with Gasteiger partial charge in [0, 0.05) is 0 Å². The van der Waals surface area contributed by atoms with Gasteiger partial charge >= 0.3 is 0 Å². The third kappa shape index (κ3) is 44.9. The Morgan fingerprint density at radius 1 is 0.722 bits per heavy atom. The minimum Gasteiger partial charge on any atom is -0.412 e. The van der Waals surface area contributed by atoms with Crippen LogP contribution in [-0.4, -0.2) is 11.0 Å². The molecule has 0 saturated heterocycles. The van der Waals surface area contributed by atoms with E-state index in [1.807, 2.05) is 6.08 Å². The average molecular weight is 264 g/mol. The van der Waals surface area contributed by atoms with Crippen LogP contribution in [-0.2, 0) is 0 Å². The van der Waals surface area contributed by atoms with Crippen molar-refractivity contribution in [2.75, 3.05) is 0 Å². The molecule has 4 N–H and O–H groups in total. The van der Waals surface area contributed by atoms with Crippen molar-refractivity contribution in [3.8, 4) is 0 Å². The molecule has 0 aromatic carbocycles. The molecule has 18 heavy (non-hydrogen) atoms. The normalized spacial score (nSPS) is 8.06. The standard InChI is InChI=1S/2C6H14.C4H8.2H2O/c2*1-4-6(3)5-2;1-3-4-2;;/h2*6H,4-5H2,1-3H3;3H,1,4H2,2H3;2*1H2. The van der Waals surface area contributed by atoms with Crippen LogP contribution in [0.25, 0.3) is 0 Å². The van der Waals surface area contributed by atoms with Crippen LogP contribution in [0.1, 0.15) is 80.6 Å². The highest BCUT2D eigenvalue weighted by Gasteiger charge is 1.89. The van der Waals surface area contributed by atoms with E-state index in [1.165, 1.54) is 25.7 Å². The second-order valence-corrected chi connectivity index (χ2v) is 4.54. The van der Waals surface area contributed by atoms with Gasteiger partial charge in [-0.2, -0.15) is 0 Å². The van der Waals surface area contributed by atoms with E-state index in [0.29, 0.717) is 0 Å². The van der Waals surface area contributed by atoms with E-state index >= 15 is 0 Å². The predicted molar refractivity (Wildman–Crippen MR) is 87.2 cm³/mol. The van der Waals surface area contributed by atoms with E-state index in [0.717, 1.165) is 18.3 Å². The maximum absolute atomic E-state index is 3.48. The first kappa shape index (κ1) is 30.6. The van der Waals surface area contributed by atoms with Crippen LogP contribution < -0.4 is 0 Å². The molecule has 2 nitrogen and oxygen atoms in total. The lowest BCUT2D eigenvalue weighted by Gasteiger charge is -1.98. The molecule has 0 heterocycles. The molecule has 2 heteroatoms. The lowest BCUT2D eigenvalue weighted by atomic mass is 10.1. The van der Waals surface area contributed by atoms with E-state index in [-0.39, 0.29) is 11.0 Å². The Bertz CT molecular complexity index is 95.7. The Morgan fingerprint density at radius 2 is 0.889 bits per heavy atom. The summed E-state index contributed by atoms with van der Waals surface area (Å²) in [6, 6.07) is 0. The monoisotopic (exact) mass is 264 g/mol. The molecule has 0 fully saturated rings. The molecule has 0 spiro atoms. The maximum Gasteiger partial charge on any atom is -0.0382 e.